The lowest BCUT2D eigenvalue weighted by Crippen LogP contribution is -2.07. The van der Waals surface area contributed by atoms with E-state index < -0.39 is 6.18 Å². The molecule has 4 heteroatoms. The Kier molecular flexibility index (Phi) is 4.78. The smallest absolute Gasteiger partial charge is 0.412 e. The zero-order valence-electron chi connectivity index (χ0n) is 7.19. The summed E-state index contributed by atoms with van der Waals surface area (Å²) in [4.78, 5) is 0. The van der Waals surface area contributed by atoms with Crippen LogP contribution in [0, 0.1) is 0 Å². The number of halogens is 3. The topological polar surface area (TPSA) is 9.23 Å². The van der Waals surface area contributed by atoms with Crippen LogP contribution in [0.25, 0.3) is 0 Å². The lowest BCUT2D eigenvalue weighted by Gasteiger charge is -2.11. The molecule has 0 radical (unpaired) electrons. The first-order valence-corrected chi connectivity index (χ1v) is 3.89. The second kappa shape index (κ2) is 5.06. The maximum absolute atomic E-state index is 11.5. The van der Waals surface area contributed by atoms with Gasteiger partial charge in [0.15, 0.2) is 0 Å². The summed E-state index contributed by atoms with van der Waals surface area (Å²) in [5, 5.41) is 0. The zero-order valence-corrected chi connectivity index (χ0v) is 7.19. The van der Waals surface area contributed by atoms with Crippen LogP contribution < -0.4 is 0 Å². The summed E-state index contributed by atoms with van der Waals surface area (Å²) < 4.78 is 39.5. The second-order valence-electron chi connectivity index (χ2n) is 2.42. The van der Waals surface area contributed by atoms with Crippen LogP contribution in [0.3, 0.4) is 0 Å². The third-order valence-electron chi connectivity index (χ3n) is 1.44. The normalized spacial score (nSPS) is 12.8. The van der Waals surface area contributed by atoms with Crippen molar-refractivity contribution in [2.45, 2.75) is 39.0 Å². The fourth-order valence-electron chi connectivity index (χ4n) is 0.709. The van der Waals surface area contributed by atoms with Crippen LogP contribution in [0.2, 0.25) is 0 Å². The molecule has 0 heterocycles. The number of rotatable bonds is 4. The minimum absolute atomic E-state index is 0.103. The van der Waals surface area contributed by atoms with Crippen molar-refractivity contribution < 1.29 is 17.9 Å². The average Bonchev–Trinajstić information content (AvgIpc) is 1.96. The number of ether oxygens (including phenoxy) is 1. The van der Waals surface area contributed by atoms with Gasteiger partial charge < -0.3 is 4.74 Å². The van der Waals surface area contributed by atoms with Crippen molar-refractivity contribution >= 4 is 0 Å². The molecule has 0 unspecified atom stereocenters. The molecule has 0 atom stereocenters. The molecule has 0 N–H and O–H groups in total. The van der Waals surface area contributed by atoms with Gasteiger partial charge in [-0.05, 0) is 12.8 Å². The van der Waals surface area contributed by atoms with Crippen molar-refractivity contribution in [1.82, 2.24) is 0 Å². The Morgan fingerprint density at radius 2 is 1.75 bits per heavy atom. The van der Waals surface area contributed by atoms with E-state index in [-0.39, 0.29) is 12.2 Å². The predicted octanol–water partition coefficient (Wildman–Crippen LogP) is 3.27. The van der Waals surface area contributed by atoms with Crippen molar-refractivity contribution in [2.24, 2.45) is 0 Å². The molecule has 0 aromatic heterocycles. The van der Waals surface area contributed by atoms with Crippen LogP contribution in [0.1, 0.15) is 26.7 Å². The molecule has 0 bridgehead atoms. The molecule has 0 aliphatic heterocycles. The van der Waals surface area contributed by atoms with Crippen LogP contribution in [-0.4, -0.2) is 12.3 Å². The lowest BCUT2D eigenvalue weighted by atomic mass is 10.2. The van der Waals surface area contributed by atoms with E-state index in [9.17, 15) is 13.2 Å². The highest BCUT2D eigenvalue weighted by Gasteiger charge is 2.22. The third-order valence-corrected chi connectivity index (χ3v) is 1.44. The van der Waals surface area contributed by atoms with Gasteiger partial charge in [0.2, 0.25) is 0 Å². The van der Waals surface area contributed by atoms with E-state index in [0.717, 1.165) is 19.1 Å². The van der Waals surface area contributed by atoms with Crippen molar-refractivity contribution in [1.29, 1.82) is 0 Å². The van der Waals surface area contributed by atoms with Crippen molar-refractivity contribution in [3.8, 4) is 0 Å². The maximum atomic E-state index is 11.5. The minimum atomic E-state index is -4.27. The summed E-state index contributed by atoms with van der Waals surface area (Å²) >= 11 is 0. The SMILES string of the molecule is CCC(CC)O/C=C\C(F)(F)F. The molecule has 0 saturated carbocycles. The number of allylic oxidation sites excluding steroid dienone is 1. The van der Waals surface area contributed by atoms with Gasteiger partial charge in [-0.2, -0.15) is 13.2 Å². The molecule has 0 aromatic carbocycles. The molecular weight excluding hydrogens is 169 g/mol. The van der Waals surface area contributed by atoms with E-state index in [1.54, 1.807) is 0 Å². The van der Waals surface area contributed by atoms with Crippen LogP contribution in [0.5, 0.6) is 0 Å². The van der Waals surface area contributed by atoms with Crippen LogP contribution in [-0.2, 0) is 4.74 Å². The largest absolute Gasteiger partial charge is 0.498 e. The van der Waals surface area contributed by atoms with Gasteiger partial charge in [0.25, 0.3) is 0 Å². The fourth-order valence-corrected chi connectivity index (χ4v) is 0.709. The van der Waals surface area contributed by atoms with Gasteiger partial charge in [-0.25, -0.2) is 0 Å². The van der Waals surface area contributed by atoms with Gasteiger partial charge in [0.1, 0.15) is 0 Å². The van der Waals surface area contributed by atoms with Crippen molar-refractivity contribution in [2.75, 3.05) is 0 Å². The molecule has 0 aliphatic carbocycles. The van der Waals surface area contributed by atoms with E-state index >= 15 is 0 Å². The van der Waals surface area contributed by atoms with Gasteiger partial charge in [-0.15, -0.1) is 0 Å². The standard InChI is InChI=1S/C8H13F3O/c1-3-7(4-2)12-6-5-8(9,10)11/h5-7H,3-4H2,1-2H3/b6-5-. The summed E-state index contributed by atoms with van der Waals surface area (Å²) in [6.45, 7) is 3.74. The summed E-state index contributed by atoms with van der Waals surface area (Å²) in [6, 6.07) is 0. The Morgan fingerprint density at radius 3 is 2.08 bits per heavy atom. The van der Waals surface area contributed by atoms with E-state index in [1.807, 2.05) is 13.8 Å². The predicted molar refractivity (Wildman–Crippen MR) is 40.7 cm³/mol. The quantitative estimate of drug-likeness (QED) is 0.606. The highest BCUT2D eigenvalue weighted by Crippen LogP contribution is 2.16. The Hall–Kier alpha value is -0.670. The van der Waals surface area contributed by atoms with E-state index in [4.69, 9.17) is 4.74 Å². The van der Waals surface area contributed by atoms with E-state index in [2.05, 4.69) is 0 Å². The number of hydrogen-bond acceptors (Lipinski definition) is 1. The summed E-state index contributed by atoms with van der Waals surface area (Å²) in [5.74, 6) is 0. The van der Waals surface area contributed by atoms with Crippen LogP contribution >= 0.6 is 0 Å². The summed E-state index contributed by atoms with van der Waals surface area (Å²) in [6.07, 6.45) is -2.12. The molecule has 0 fully saturated rings. The molecular formula is C8H13F3O. The molecule has 72 valence electrons. The molecule has 0 amide bonds. The van der Waals surface area contributed by atoms with E-state index in [0.29, 0.717) is 0 Å². The second-order valence-corrected chi connectivity index (χ2v) is 2.42. The number of alkyl halides is 3. The number of hydrogen-bond donors (Lipinski definition) is 0. The Labute approximate surface area is 70.2 Å². The molecule has 0 rings (SSSR count). The first-order valence-electron chi connectivity index (χ1n) is 3.89. The van der Waals surface area contributed by atoms with Crippen LogP contribution in [0.15, 0.2) is 12.3 Å². The third kappa shape index (κ3) is 6.07. The molecule has 12 heavy (non-hydrogen) atoms. The molecule has 0 saturated heterocycles. The highest BCUT2D eigenvalue weighted by molar-refractivity contribution is 4.83. The van der Waals surface area contributed by atoms with Gasteiger partial charge in [0.05, 0.1) is 18.4 Å². The first kappa shape index (κ1) is 11.3. The van der Waals surface area contributed by atoms with Gasteiger partial charge in [-0.3, -0.25) is 0 Å². The molecule has 1 nitrogen and oxygen atoms in total. The highest BCUT2D eigenvalue weighted by atomic mass is 19.4. The average molecular weight is 182 g/mol. The first-order chi connectivity index (χ1) is 5.49. The molecule has 0 aliphatic rings. The molecule has 0 aromatic rings. The fraction of sp³-hybridized carbons (Fsp3) is 0.750. The Morgan fingerprint density at radius 1 is 1.25 bits per heavy atom. The minimum Gasteiger partial charge on any atom is -0.498 e. The maximum Gasteiger partial charge on any atom is 0.412 e. The Bertz CT molecular complexity index is 136. The summed E-state index contributed by atoms with van der Waals surface area (Å²) in [5.41, 5.74) is 0. The van der Waals surface area contributed by atoms with Gasteiger partial charge in [-0.1, -0.05) is 13.8 Å². The van der Waals surface area contributed by atoms with Gasteiger partial charge >= 0.3 is 6.18 Å². The van der Waals surface area contributed by atoms with Crippen molar-refractivity contribution in [3.05, 3.63) is 12.3 Å². The summed E-state index contributed by atoms with van der Waals surface area (Å²) in [7, 11) is 0. The zero-order chi connectivity index (χ0) is 9.61. The van der Waals surface area contributed by atoms with E-state index in [1.165, 1.54) is 0 Å². The van der Waals surface area contributed by atoms with Crippen molar-refractivity contribution in [3.63, 3.8) is 0 Å². The van der Waals surface area contributed by atoms with Crippen LogP contribution in [0.4, 0.5) is 13.2 Å². The monoisotopic (exact) mass is 182 g/mol. The molecule has 0 spiro atoms. The van der Waals surface area contributed by atoms with Gasteiger partial charge in [0, 0.05) is 0 Å². The lowest BCUT2D eigenvalue weighted by molar-refractivity contribution is -0.0822. The Balaban J connectivity index is 3.73.